The number of hydrogen-bond acceptors (Lipinski definition) is 3. The Balaban J connectivity index is 6.31. The van der Waals surface area contributed by atoms with E-state index in [-0.39, 0.29) is 0 Å². The second-order valence-corrected chi connectivity index (χ2v) is 7.76. The lowest BCUT2D eigenvalue weighted by Gasteiger charge is -2.38. The SMILES string of the molecule is CC(F)C(F)(F)C(F)(F)C(F)(F)C(F)(F)OP(=O)(O)OC(F)(F)C(F)(F)C(F)(F)C(F)(F)C(C)F. The Morgan fingerprint density at radius 3 is 0.914 bits per heavy atom. The Morgan fingerprint density at radius 2 is 0.743 bits per heavy atom. The maximum Gasteiger partial charge on any atom is 0.482 e. The molecule has 0 heterocycles. The third-order valence-corrected chi connectivity index (χ3v) is 4.74. The lowest BCUT2D eigenvalue weighted by Crippen LogP contribution is -2.65. The summed E-state index contributed by atoms with van der Waals surface area (Å²) in [6.45, 7) is -1.17. The van der Waals surface area contributed by atoms with E-state index in [0.29, 0.717) is 0 Å². The zero-order valence-corrected chi connectivity index (χ0v) is 17.0. The van der Waals surface area contributed by atoms with Crippen LogP contribution in [-0.4, -0.2) is 65.0 Å². The molecule has 1 N–H and O–H groups in total. The smallest absolute Gasteiger partial charge is 0.302 e. The topological polar surface area (TPSA) is 55.8 Å². The molecule has 23 heteroatoms. The van der Waals surface area contributed by atoms with E-state index in [9.17, 15) is 83.6 Å². The van der Waals surface area contributed by atoms with E-state index in [1.54, 1.807) is 9.05 Å². The molecular weight excluding hydrogens is 581 g/mol. The predicted molar refractivity (Wildman–Crippen MR) is 72.7 cm³/mol. The molecule has 0 spiro atoms. The van der Waals surface area contributed by atoms with Crippen molar-refractivity contribution in [3.8, 4) is 0 Å². The molecule has 0 aliphatic carbocycles. The third kappa shape index (κ3) is 5.29. The van der Waals surface area contributed by atoms with Gasteiger partial charge in [0.15, 0.2) is 12.3 Å². The van der Waals surface area contributed by atoms with E-state index in [4.69, 9.17) is 4.89 Å². The molecule has 2 atom stereocenters. The standard InChI is InChI=1S/C12H9F18O4P/c1-3(13)5(15,16)7(19,20)9(23,24)11(27,28)33-35(31,32)34-12(29,30)10(25,26)8(21,22)6(17,18)4(2)14/h3-4H,1-2H3,(H,31,32). The number of phosphoric acid groups is 1. The summed E-state index contributed by atoms with van der Waals surface area (Å²) < 4.78 is 251. The molecule has 0 saturated carbocycles. The predicted octanol–water partition coefficient (Wildman–Crippen LogP) is 6.83. The third-order valence-electron chi connectivity index (χ3n) is 3.82. The minimum absolute atomic E-state index is 0.583. The maximum atomic E-state index is 13.3. The zero-order chi connectivity index (χ0) is 29.1. The van der Waals surface area contributed by atoms with Crippen molar-refractivity contribution in [1.29, 1.82) is 0 Å². The van der Waals surface area contributed by atoms with Gasteiger partial charge in [-0.25, -0.2) is 22.4 Å². The second-order valence-electron chi connectivity index (χ2n) is 6.46. The van der Waals surface area contributed by atoms with Crippen LogP contribution in [0.5, 0.6) is 0 Å². The van der Waals surface area contributed by atoms with Crippen LogP contribution in [0.3, 0.4) is 0 Å². The quantitative estimate of drug-likeness (QED) is 0.200. The fourth-order valence-electron chi connectivity index (χ4n) is 1.71. The lowest BCUT2D eigenvalue weighted by molar-refractivity contribution is -0.427. The summed E-state index contributed by atoms with van der Waals surface area (Å²) in [7, 11) is -8.22. The highest BCUT2D eigenvalue weighted by molar-refractivity contribution is 7.47. The molecule has 212 valence electrons. The first-order valence-corrected chi connectivity index (χ1v) is 9.34. The van der Waals surface area contributed by atoms with E-state index in [1.807, 2.05) is 0 Å². The van der Waals surface area contributed by atoms with Crippen LogP contribution in [0.2, 0.25) is 0 Å². The van der Waals surface area contributed by atoms with Crippen molar-refractivity contribution >= 4 is 7.82 Å². The van der Waals surface area contributed by atoms with Crippen molar-refractivity contribution in [2.24, 2.45) is 0 Å². The van der Waals surface area contributed by atoms with Crippen molar-refractivity contribution in [2.45, 2.75) is 73.9 Å². The van der Waals surface area contributed by atoms with Crippen molar-refractivity contribution in [2.75, 3.05) is 0 Å². The Hall–Kier alpha value is -1.15. The molecule has 2 unspecified atom stereocenters. The lowest BCUT2D eigenvalue weighted by atomic mass is 10.0. The molecule has 0 amide bonds. The first kappa shape index (κ1) is 33.8. The second kappa shape index (κ2) is 9.00. The van der Waals surface area contributed by atoms with Gasteiger partial charge >= 0.3 is 55.6 Å². The van der Waals surface area contributed by atoms with Gasteiger partial charge in [-0.1, -0.05) is 0 Å². The molecule has 0 aliphatic heterocycles. The summed E-state index contributed by atoms with van der Waals surface area (Å²) in [5, 5.41) is 0. The Labute approximate surface area is 180 Å². The summed E-state index contributed by atoms with van der Waals surface area (Å²) in [6.07, 6.45) is -24.0. The molecule has 0 aliphatic rings. The van der Waals surface area contributed by atoms with Gasteiger partial charge in [-0.2, -0.15) is 70.2 Å². The van der Waals surface area contributed by atoms with Gasteiger partial charge in [0.1, 0.15) is 0 Å². The van der Waals surface area contributed by atoms with Gasteiger partial charge in [0.25, 0.3) is 0 Å². The number of hydrogen-bond donors (Lipinski definition) is 1. The van der Waals surface area contributed by atoms with Crippen LogP contribution in [0.1, 0.15) is 13.8 Å². The average Bonchev–Trinajstić information content (AvgIpc) is 2.58. The number of rotatable bonds is 12. The number of alkyl halides is 18. The van der Waals surface area contributed by atoms with Gasteiger partial charge in [0, 0.05) is 0 Å². The van der Waals surface area contributed by atoms with Crippen LogP contribution in [-0.2, 0) is 13.6 Å². The van der Waals surface area contributed by atoms with E-state index >= 15 is 0 Å². The molecule has 0 fully saturated rings. The summed E-state index contributed by atoms with van der Waals surface area (Å²) in [5.41, 5.74) is 0. The number of phosphoric ester groups is 1. The van der Waals surface area contributed by atoms with Crippen molar-refractivity contribution in [3.63, 3.8) is 0 Å². The van der Waals surface area contributed by atoms with E-state index in [2.05, 4.69) is 0 Å². The molecular formula is C12H9F18O4P. The molecule has 0 radical (unpaired) electrons. The van der Waals surface area contributed by atoms with Gasteiger partial charge in [-0.05, 0) is 13.8 Å². The highest BCUT2D eigenvalue weighted by Gasteiger charge is 2.86. The first-order valence-electron chi connectivity index (χ1n) is 7.85. The van der Waals surface area contributed by atoms with Gasteiger partial charge in [0.05, 0.1) is 0 Å². The molecule has 0 bridgehead atoms. The monoisotopic (exact) mass is 590 g/mol. The normalized spacial score (nSPS) is 19.3. The molecule has 4 nitrogen and oxygen atoms in total. The van der Waals surface area contributed by atoms with Crippen LogP contribution in [0.25, 0.3) is 0 Å². The van der Waals surface area contributed by atoms with Crippen LogP contribution >= 0.6 is 7.82 Å². The molecule has 0 saturated heterocycles. The zero-order valence-electron chi connectivity index (χ0n) is 16.1. The van der Waals surface area contributed by atoms with Crippen molar-refractivity contribution < 1.29 is 97.5 Å². The fourth-order valence-corrected chi connectivity index (χ4v) is 2.55. The van der Waals surface area contributed by atoms with Gasteiger partial charge in [-0.3, -0.25) is 0 Å². The van der Waals surface area contributed by atoms with Gasteiger partial charge < -0.3 is 4.89 Å². The molecule has 0 aromatic heterocycles. The van der Waals surface area contributed by atoms with E-state index in [0.717, 1.165) is 0 Å². The summed E-state index contributed by atoms with van der Waals surface area (Å²) in [6, 6.07) is 0. The maximum absolute atomic E-state index is 13.3. The Bertz CT molecular complexity index is 747. The summed E-state index contributed by atoms with van der Waals surface area (Å²) in [4.78, 5) is 8.54. The molecule has 0 aromatic rings. The summed E-state index contributed by atoms with van der Waals surface area (Å²) in [5.74, 6) is -44.4. The van der Waals surface area contributed by atoms with Crippen molar-refractivity contribution in [3.05, 3.63) is 0 Å². The highest BCUT2D eigenvalue weighted by Crippen LogP contribution is 2.63. The molecule has 0 rings (SSSR count). The summed E-state index contributed by atoms with van der Waals surface area (Å²) >= 11 is 0. The van der Waals surface area contributed by atoms with E-state index in [1.165, 1.54) is 0 Å². The van der Waals surface area contributed by atoms with Crippen LogP contribution in [0, 0.1) is 0 Å². The molecule has 0 aromatic carbocycles. The van der Waals surface area contributed by atoms with Crippen LogP contribution in [0.15, 0.2) is 0 Å². The minimum atomic E-state index is -8.22. The fraction of sp³-hybridized carbons (Fsp3) is 1.00. The van der Waals surface area contributed by atoms with Gasteiger partial charge in [0.2, 0.25) is 0 Å². The number of halogens is 18. The van der Waals surface area contributed by atoms with Crippen LogP contribution in [0.4, 0.5) is 79.0 Å². The van der Waals surface area contributed by atoms with Crippen LogP contribution < -0.4 is 0 Å². The van der Waals surface area contributed by atoms with E-state index < -0.39 is 81.8 Å². The highest BCUT2D eigenvalue weighted by atomic mass is 31.2. The Morgan fingerprint density at radius 1 is 0.543 bits per heavy atom. The first-order chi connectivity index (χ1) is 14.8. The van der Waals surface area contributed by atoms with Crippen molar-refractivity contribution in [1.82, 2.24) is 0 Å². The minimum Gasteiger partial charge on any atom is -0.302 e. The Kier molecular flexibility index (Phi) is 8.70. The largest absolute Gasteiger partial charge is 0.482 e. The molecule has 35 heavy (non-hydrogen) atoms. The average molecular weight is 590 g/mol. The van der Waals surface area contributed by atoms with Gasteiger partial charge in [-0.15, -0.1) is 0 Å².